The Balaban J connectivity index is 1.63. The number of aryl methyl sites for hydroxylation is 1. The smallest absolute Gasteiger partial charge is 0.264 e. The van der Waals surface area contributed by atoms with Gasteiger partial charge in [-0.3, -0.25) is 9.59 Å². The summed E-state index contributed by atoms with van der Waals surface area (Å²) >= 11 is 7.17. The van der Waals surface area contributed by atoms with Crippen molar-refractivity contribution in [3.8, 4) is 0 Å². The number of hydrogen-bond acceptors (Lipinski definition) is 3. The predicted molar refractivity (Wildman–Crippen MR) is 92.3 cm³/mol. The number of thiophene rings is 1. The van der Waals surface area contributed by atoms with Gasteiger partial charge in [0.2, 0.25) is 0 Å². The summed E-state index contributed by atoms with van der Waals surface area (Å²) in [5, 5.41) is 0. The third-order valence-corrected chi connectivity index (χ3v) is 5.23. The number of benzene rings is 1. The number of hydrogen-bond donors (Lipinski definition) is 0. The summed E-state index contributed by atoms with van der Waals surface area (Å²) in [4.78, 5) is 29.2. The number of carbonyl (C=O) groups is 2. The summed E-state index contributed by atoms with van der Waals surface area (Å²) in [6.45, 7) is 4.14. The second-order valence-corrected chi connectivity index (χ2v) is 7.22. The van der Waals surface area contributed by atoms with E-state index in [0.29, 0.717) is 35.4 Å². The van der Waals surface area contributed by atoms with Gasteiger partial charge in [-0.1, -0.05) is 29.8 Å². The van der Waals surface area contributed by atoms with Crippen LogP contribution in [-0.4, -0.2) is 47.8 Å². The minimum atomic E-state index is -0.00936. The van der Waals surface area contributed by atoms with Crippen LogP contribution < -0.4 is 0 Å². The first-order valence-corrected chi connectivity index (χ1v) is 8.65. The molecule has 23 heavy (non-hydrogen) atoms. The lowest BCUT2D eigenvalue weighted by Crippen LogP contribution is -2.50. The molecule has 0 spiro atoms. The third kappa shape index (κ3) is 3.41. The maximum atomic E-state index is 12.6. The van der Waals surface area contributed by atoms with Crippen LogP contribution in [0.3, 0.4) is 0 Å². The fourth-order valence-corrected chi connectivity index (χ4v) is 3.69. The zero-order chi connectivity index (χ0) is 16.4. The van der Waals surface area contributed by atoms with E-state index in [0.717, 1.165) is 11.1 Å². The molecule has 1 aliphatic heterocycles. The zero-order valence-corrected chi connectivity index (χ0v) is 14.4. The number of carbonyl (C=O) groups excluding carboxylic acids is 2. The lowest BCUT2D eigenvalue weighted by atomic mass is 10.1. The Hall–Kier alpha value is -1.85. The number of halogens is 1. The van der Waals surface area contributed by atoms with Crippen LogP contribution in [0, 0.1) is 6.92 Å². The summed E-state index contributed by atoms with van der Waals surface area (Å²) in [6.07, 6.45) is 0. The molecule has 1 aliphatic rings. The van der Waals surface area contributed by atoms with Crippen LogP contribution in [0.2, 0.25) is 4.34 Å². The van der Waals surface area contributed by atoms with Gasteiger partial charge in [0.15, 0.2) is 0 Å². The molecular weight excluding hydrogens is 332 g/mol. The monoisotopic (exact) mass is 348 g/mol. The van der Waals surface area contributed by atoms with Gasteiger partial charge in [-0.25, -0.2) is 0 Å². The van der Waals surface area contributed by atoms with Crippen molar-refractivity contribution in [2.24, 2.45) is 0 Å². The van der Waals surface area contributed by atoms with E-state index in [1.807, 2.05) is 36.1 Å². The molecule has 3 rings (SSSR count). The minimum absolute atomic E-state index is 0.00936. The predicted octanol–water partition coefficient (Wildman–Crippen LogP) is 3.31. The third-order valence-electron chi connectivity index (χ3n) is 4.01. The Morgan fingerprint density at radius 3 is 2.13 bits per heavy atom. The molecule has 6 heteroatoms. The van der Waals surface area contributed by atoms with Crippen LogP contribution in [0.1, 0.15) is 25.6 Å². The van der Waals surface area contributed by atoms with Crippen molar-refractivity contribution in [1.29, 1.82) is 0 Å². The SMILES string of the molecule is Cc1ccccc1C(=O)N1CCN(C(=O)c2ccc(Cl)s2)CC1. The summed E-state index contributed by atoms with van der Waals surface area (Å²) in [5.41, 5.74) is 1.71. The average Bonchev–Trinajstić information content (AvgIpc) is 3.01. The van der Waals surface area contributed by atoms with E-state index < -0.39 is 0 Å². The molecule has 120 valence electrons. The number of piperazine rings is 1. The van der Waals surface area contributed by atoms with E-state index >= 15 is 0 Å². The molecule has 1 fully saturated rings. The highest BCUT2D eigenvalue weighted by Crippen LogP contribution is 2.23. The first-order chi connectivity index (χ1) is 11.1. The maximum Gasteiger partial charge on any atom is 0.264 e. The first kappa shape index (κ1) is 16.0. The van der Waals surface area contributed by atoms with E-state index in [-0.39, 0.29) is 11.8 Å². The normalized spacial score (nSPS) is 14.9. The van der Waals surface area contributed by atoms with E-state index in [4.69, 9.17) is 11.6 Å². The molecule has 0 aliphatic carbocycles. The summed E-state index contributed by atoms with van der Waals surface area (Å²) in [5.74, 6) is 0.0271. The standard InChI is InChI=1S/C17H17ClN2O2S/c1-12-4-2-3-5-13(12)16(21)19-8-10-20(11-9-19)17(22)14-6-7-15(18)23-14/h2-7H,8-11H2,1H3. The Bertz CT molecular complexity index is 736. The van der Waals surface area contributed by atoms with Gasteiger partial charge in [-0.05, 0) is 30.7 Å². The van der Waals surface area contributed by atoms with Crippen molar-refractivity contribution >= 4 is 34.8 Å². The van der Waals surface area contributed by atoms with E-state index in [1.54, 1.807) is 17.0 Å². The van der Waals surface area contributed by atoms with Gasteiger partial charge in [0.25, 0.3) is 11.8 Å². The molecule has 1 aromatic heterocycles. The van der Waals surface area contributed by atoms with E-state index in [9.17, 15) is 9.59 Å². The van der Waals surface area contributed by atoms with Crippen molar-refractivity contribution in [2.45, 2.75) is 6.92 Å². The van der Waals surface area contributed by atoms with Crippen molar-refractivity contribution in [3.05, 3.63) is 56.7 Å². The van der Waals surface area contributed by atoms with Crippen molar-refractivity contribution in [1.82, 2.24) is 9.80 Å². The van der Waals surface area contributed by atoms with Crippen molar-refractivity contribution < 1.29 is 9.59 Å². The van der Waals surface area contributed by atoms with Crippen LogP contribution in [0.4, 0.5) is 0 Å². The van der Waals surface area contributed by atoms with Gasteiger partial charge in [-0.2, -0.15) is 0 Å². The summed E-state index contributed by atoms with van der Waals surface area (Å²) in [7, 11) is 0. The minimum Gasteiger partial charge on any atom is -0.335 e. The highest BCUT2D eigenvalue weighted by atomic mass is 35.5. The molecule has 1 saturated heterocycles. The fourth-order valence-electron chi connectivity index (χ4n) is 2.68. The molecule has 0 saturated carbocycles. The van der Waals surface area contributed by atoms with Gasteiger partial charge in [0, 0.05) is 31.7 Å². The van der Waals surface area contributed by atoms with E-state index in [2.05, 4.69) is 0 Å². The zero-order valence-electron chi connectivity index (χ0n) is 12.8. The Morgan fingerprint density at radius 2 is 1.57 bits per heavy atom. The van der Waals surface area contributed by atoms with Crippen LogP contribution in [0.15, 0.2) is 36.4 Å². The molecule has 0 unspecified atom stereocenters. The van der Waals surface area contributed by atoms with Crippen LogP contribution >= 0.6 is 22.9 Å². The van der Waals surface area contributed by atoms with Gasteiger partial charge in [0.1, 0.15) is 0 Å². The second-order valence-electron chi connectivity index (χ2n) is 5.50. The first-order valence-electron chi connectivity index (χ1n) is 7.46. The van der Waals surface area contributed by atoms with Crippen molar-refractivity contribution in [3.63, 3.8) is 0 Å². The molecule has 2 amide bonds. The van der Waals surface area contributed by atoms with Gasteiger partial charge in [0.05, 0.1) is 9.21 Å². The second kappa shape index (κ2) is 6.72. The number of rotatable bonds is 2. The summed E-state index contributed by atoms with van der Waals surface area (Å²) < 4.78 is 0.613. The number of nitrogens with zero attached hydrogens (tertiary/aromatic N) is 2. The Morgan fingerprint density at radius 1 is 0.957 bits per heavy atom. The summed E-state index contributed by atoms with van der Waals surface area (Å²) in [6, 6.07) is 11.1. The van der Waals surface area contributed by atoms with Crippen LogP contribution in [-0.2, 0) is 0 Å². The van der Waals surface area contributed by atoms with Gasteiger partial charge in [-0.15, -0.1) is 11.3 Å². The molecule has 2 aromatic rings. The molecule has 1 aromatic carbocycles. The molecule has 0 radical (unpaired) electrons. The van der Waals surface area contributed by atoms with E-state index in [1.165, 1.54) is 11.3 Å². The maximum absolute atomic E-state index is 12.6. The lowest BCUT2D eigenvalue weighted by Gasteiger charge is -2.34. The topological polar surface area (TPSA) is 40.6 Å². The fraction of sp³-hybridized carbons (Fsp3) is 0.294. The Labute approximate surface area is 144 Å². The highest BCUT2D eigenvalue weighted by Gasteiger charge is 2.26. The largest absolute Gasteiger partial charge is 0.335 e. The average molecular weight is 349 g/mol. The quantitative estimate of drug-likeness (QED) is 0.835. The molecular formula is C17H17ClN2O2S. The number of amides is 2. The molecule has 0 atom stereocenters. The van der Waals surface area contributed by atoms with Crippen LogP contribution in [0.25, 0.3) is 0 Å². The molecule has 4 nitrogen and oxygen atoms in total. The Kier molecular flexibility index (Phi) is 4.68. The van der Waals surface area contributed by atoms with Gasteiger partial charge < -0.3 is 9.80 Å². The lowest BCUT2D eigenvalue weighted by molar-refractivity contribution is 0.0537. The van der Waals surface area contributed by atoms with Crippen LogP contribution in [0.5, 0.6) is 0 Å². The molecule has 2 heterocycles. The molecule has 0 N–H and O–H groups in total. The van der Waals surface area contributed by atoms with Gasteiger partial charge >= 0.3 is 0 Å². The molecule has 0 bridgehead atoms. The highest BCUT2D eigenvalue weighted by molar-refractivity contribution is 7.17. The van der Waals surface area contributed by atoms with Crippen molar-refractivity contribution in [2.75, 3.05) is 26.2 Å².